The van der Waals surface area contributed by atoms with E-state index in [9.17, 15) is 0 Å². The molecule has 256 valence electrons. The van der Waals surface area contributed by atoms with Crippen LogP contribution in [0.3, 0.4) is 0 Å². The summed E-state index contributed by atoms with van der Waals surface area (Å²) in [5.41, 5.74) is 12.2. The summed E-state index contributed by atoms with van der Waals surface area (Å²) in [4.78, 5) is 2.44. The first kappa shape index (κ1) is 32.9. The van der Waals surface area contributed by atoms with Gasteiger partial charge < -0.3 is 4.90 Å². The molecule has 0 aliphatic rings. The number of fused-ring (bicyclic) bond motifs is 1. The predicted molar refractivity (Wildman–Crippen MR) is 228 cm³/mol. The molecule has 0 fully saturated rings. The first-order valence-electron chi connectivity index (χ1n) is 18.6. The van der Waals surface area contributed by atoms with Gasteiger partial charge in [0.2, 0.25) is 0 Å². The second-order valence-electron chi connectivity index (χ2n) is 13.7. The van der Waals surface area contributed by atoms with Crippen molar-refractivity contribution in [2.24, 2.45) is 0 Å². The van der Waals surface area contributed by atoms with Crippen LogP contribution in [0.15, 0.2) is 237 Å². The maximum Gasteiger partial charge on any atom is 0.0708 e. The van der Waals surface area contributed by atoms with Gasteiger partial charge in [0.25, 0.3) is 0 Å². The van der Waals surface area contributed by atoms with E-state index in [-0.39, 0.29) is 0 Å². The first-order chi connectivity index (χ1) is 26.8. The Morgan fingerprint density at radius 2 is 0.667 bits per heavy atom. The molecule has 0 aliphatic carbocycles. The molecule has 9 aromatic rings. The predicted octanol–water partition coefficient (Wildman–Crippen LogP) is 14.0. The van der Waals surface area contributed by atoms with Gasteiger partial charge in [0.15, 0.2) is 0 Å². The van der Waals surface area contributed by atoms with Gasteiger partial charge in [-0.3, -0.25) is 0 Å². The van der Waals surface area contributed by atoms with Crippen molar-refractivity contribution in [1.82, 2.24) is 0 Å². The average Bonchev–Trinajstić information content (AvgIpc) is 3.26. The topological polar surface area (TPSA) is 3.24 Å². The van der Waals surface area contributed by atoms with Crippen molar-refractivity contribution in [1.29, 1.82) is 0 Å². The van der Waals surface area contributed by atoms with Gasteiger partial charge in [0, 0.05) is 16.9 Å². The Morgan fingerprint density at radius 3 is 1.17 bits per heavy atom. The van der Waals surface area contributed by atoms with E-state index in [4.69, 9.17) is 0 Å². The highest BCUT2D eigenvalue weighted by molar-refractivity contribution is 6.08. The molecule has 54 heavy (non-hydrogen) atoms. The molecule has 9 aromatic carbocycles. The van der Waals surface area contributed by atoms with Crippen molar-refractivity contribution >= 4 is 27.8 Å². The number of hydrogen-bond acceptors (Lipinski definition) is 1. The van der Waals surface area contributed by atoms with E-state index >= 15 is 0 Å². The maximum absolute atomic E-state index is 2.48. The van der Waals surface area contributed by atoms with Gasteiger partial charge in [0.1, 0.15) is 0 Å². The largest absolute Gasteiger partial charge is 0.310 e. The van der Waals surface area contributed by atoms with Crippen LogP contribution < -0.4 is 4.90 Å². The fourth-order valence-electron chi connectivity index (χ4n) is 8.22. The highest BCUT2D eigenvalue weighted by atomic mass is 15.1. The Hall–Kier alpha value is -6.96. The SMILES string of the molecule is c1ccc(-c2ccc(N(c3ccccc3)c3cc(C(c4ccccc4)(c4ccccc4)c4ccccc4)c4ccccc4c3-c3ccccc3)cc2)cc1. The lowest BCUT2D eigenvalue weighted by atomic mass is 9.63. The lowest BCUT2D eigenvalue weighted by Crippen LogP contribution is -2.31. The van der Waals surface area contributed by atoms with Crippen LogP contribution >= 0.6 is 0 Å². The second-order valence-corrected chi connectivity index (χ2v) is 13.7. The number of para-hydroxylation sites is 1. The summed E-state index contributed by atoms with van der Waals surface area (Å²) in [6.45, 7) is 0. The van der Waals surface area contributed by atoms with Crippen molar-refractivity contribution < 1.29 is 0 Å². The summed E-state index contributed by atoms with van der Waals surface area (Å²) in [5.74, 6) is 0. The summed E-state index contributed by atoms with van der Waals surface area (Å²) in [7, 11) is 0. The number of anilines is 3. The fraction of sp³-hybridized carbons (Fsp3) is 0.0189. The normalized spacial score (nSPS) is 11.3. The molecule has 0 aromatic heterocycles. The van der Waals surface area contributed by atoms with Gasteiger partial charge in [-0.15, -0.1) is 0 Å². The smallest absolute Gasteiger partial charge is 0.0708 e. The quantitative estimate of drug-likeness (QED) is 0.136. The van der Waals surface area contributed by atoms with E-state index in [0.717, 1.165) is 17.1 Å². The molecular formula is C53H39N. The molecule has 0 heterocycles. The average molecular weight is 690 g/mol. The van der Waals surface area contributed by atoms with Gasteiger partial charge >= 0.3 is 0 Å². The van der Waals surface area contributed by atoms with Gasteiger partial charge in [-0.1, -0.05) is 206 Å². The molecule has 0 atom stereocenters. The monoisotopic (exact) mass is 689 g/mol. The minimum atomic E-state index is -0.646. The second kappa shape index (κ2) is 14.6. The minimum absolute atomic E-state index is 0.646. The molecule has 0 amide bonds. The molecule has 0 unspecified atom stereocenters. The number of hydrogen-bond donors (Lipinski definition) is 0. The summed E-state index contributed by atoms with van der Waals surface area (Å²) >= 11 is 0. The van der Waals surface area contributed by atoms with E-state index in [1.807, 2.05) is 0 Å². The number of rotatable bonds is 9. The summed E-state index contributed by atoms with van der Waals surface area (Å²) in [6, 6.07) is 85.8. The summed E-state index contributed by atoms with van der Waals surface area (Å²) in [5, 5.41) is 2.41. The Bertz CT molecular complexity index is 2510. The van der Waals surface area contributed by atoms with Crippen LogP contribution in [0.4, 0.5) is 17.1 Å². The van der Waals surface area contributed by atoms with Crippen LogP contribution in [0.2, 0.25) is 0 Å². The molecule has 0 bridgehead atoms. The van der Waals surface area contributed by atoms with Crippen LogP contribution in [-0.4, -0.2) is 0 Å². The van der Waals surface area contributed by atoms with Crippen molar-refractivity contribution in [2.75, 3.05) is 4.90 Å². The van der Waals surface area contributed by atoms with E-state index < -0.39 is 5.41 Å². The van der Waals surface area contributed by atoms with E-state index in [0.29, 0.717) is 0 Å². The highest BCUT2D eigenvalue weighted by Crippen LogP contribution is 2.53. The first-order valence-corrected chi connectivity index (χ1v) is 18.6. The van der Waals surface area contributed by atoms with Crippen molar-refractivity contribution in [3.8, 4) is 22.3 Å². The summed E-state index contributed by atoms with van der Waals surface area (Å²) in [6.07, 6.45) is 0. The molecule has 1 nitrogen and oxygen atoms in total. The molecule has 0 saturated carbocycles. The molecule has 1 heteroatoms. The van der Waals surface area contributed by atoms with E-state index in [2.05, 4.69) is 241 Å². The number of nitrogens with zero attached hydrogens (tertiary/aromatic N) is 1. The van der Waals surface area contributed by atoms with Crippen LogP contribution in [0.25, 0.3) is 33.0 Å². The molecule has 0 spiro atoms. The zero-order chi connectivity index (χ0) is 36.2. The number of benzene rings is 9. The third kappa shape index (κ3) is 5.87. The fourth-order valence-corrected chi connectivity index (χ4v) is 8.22. The van der Waals surface area contributed by atoms with Gasteiger partial charge in [0.05, 0.1) is 11.1 Å². The van der Waals surface area contributed by atoms with Crippen molar-refractivity contribution in [2.45, 2.75) is 5.41 Å². The molecule has 9 rings (SSSR count). The molecular weight excluding hydrogens is 651 g/mol. The standard InChI is InChI=1S/C53H39N/c1-7-21-40(22-8-1)41-35-37-47(38-36-41)54(46-31-17-6-18-32-46)51-39-50(48-33-19-20-34-49(48)52(51)42-23-9-2-10-24-42)53(43-25-11-3-12-26-43,44-27-13-4-14-28-44)45-29-15-5-16-30-45/h1-39H. The van der Waals surface area contributed by atoms with Crippen LogP contribution in [0, 0.1) is 0 Å². The lowest BCUT2D eigenvalue weighted by Gasteiger charge is -2.39. The van der Waals surface area contributed by atoms with Crippen LogP contribution in [0.1, 0.15) is 22.3 Å². The third-order valence-corrected chi connectivity index (χ3v) is 10.6. The molecule has 0 radical (unpaired) electrons. The highest BCUT2D eigenvalue weighted by Gasteiger charge is 2.40. The molecule has 0 N–H and O–H groups in total. The summed E-state index contributed by atoms with van der Waals surface area (Å²) < 4.78 is 0. The Kier molecular flexibility index (Phi) is 8.89. The zero-order valence-corrected chi connectivity index (χ0v) is 30.0. The van der Waals surface area contributed by atoms with E-state index in [1.54, 1.807) is 0 Å². The molecule has 0 aliphatic heterocycles. The maximum atomic E-state index is 2.48. The molecule has 0 saturated heterocycles. The van der Waals surface area contributed by atoms with E-state index in [1.165, 1.54) is 55.3 Å². The van der Waals surface area contributed by atoms with Gasteiger partial charge in [-0.25, -0.2) is 0 Å². The Balaban J connectivity index is 1.43. The van der Waals surface area contributed by atoms with Crippen molar-refractivity contribution in [3.63, 3.8) is 0 Å². The van der Waals surface area contributed by atoms with Crippen molar-refractivity contribution in [3.05, 3.63) is 259 Å². The minimum Gasteiger partial charge on any atom is -0.310 e. The zero-order valence-electron chi connectivity index (χ0n) is 30.0. The lowest BCUT2D eigenvalue weighted by molar-refractivity contribution is 0.752. The third-order valence-electron chi connectivity index (χ3n) is 10.6. The van der Waals surface area contributed by atoms with Crippen LogP contribution in [-0.2, 0) is 5.41 Å². The Labute approximate surface area is 318 Å². The van der Waals surface area contributed by atoms with Gasteiger partial charge in [-0.05, 0) is 80.0 Å². The van der Waals surface area contributed by atoms with Gasteiger partial charge in [-0.2, -0.15) is 0 Å². The van der Waals surface area contributed by atoms with Crippen LogP contribution in [0.5, 0.6) is 0 Å². The Morgan fingerprint density at radius 1 is 0.296 bits per heavy atom.